The third-order valence-corrected chi connectivity index (χ3v) is 2.14. The molecule has 0 amide bonds. The number of benzene rings is 1. The Labute approximate surface area is 80.3 Å². The van der Waals surface area contributed by atoms with Crippen LogP contribution in [0.3, 0.4) is 0 Å². The predicted octanol–water partition coefficient (Wildman–Crippen LogP) is 3.36. The second-order valence-electron chi connectivity index (χ2n) is 3.62. The lowest BCUT2D eigenvalue weighted by Crippen LogP contribution is -1.91. The quantitative estimate of drug-likeness (QED) is 0.678. The molecule has 0 spiro atoms. The van der Waals surface area contributed by atoms with Crippen molar-refractivity contribution in [3.63, 3.8) is 0 Å². The summed E-state index contributed by atoms with van der Waals surface area (Å²) in [6.45, 7) is 3.97. The van der Waals surface area contributed by atoms with Crippen LogP contribution in [0.5, 0.6) is 0 Å². The predicted molar refractivity (Wildman–Crippen MR) is 57.5 cm³/mol. The van der Waals surface area contributed by atoms with Crippen molar-refractivity contribution in [2.45, 2.75) is 33.1 Å². The summed E-state index contributed by atoms with van der Waals surface area (Å²) in [5.74, 6) is 0. The van der Waals surface area contributed by atoms with Gasteiger partial charge < -0.3 is 5.41 Å². The first kappa shape index (κ1) is 9.97. The van der Waals surface area contributed by atoms with Crippen molar-refractivity contribution in [2.24, 2.45) is 0 Å². The van der Waals surface area contributed by atoms with E-state index >= 15 is 0 Å². The molecule has 0 saturated heterocycles. The number of nitrogens with one attached hydrogen (secondary N) is 1. The fraction of sp³-hybridized carbons (Fsp3) is 0.417. The Morgan fingerprint density at radius 1 is 1.23 bits per heavy atom. The molecule has 1 nitrogen and oxygen atoms in total. The molecule has 0 heterocycles. The van der Waals surface area contributed by atoms with Crippen LogP contribution in [0.25, 0.3) is 0 Å². The number of hydrogen-bond donors (Lipinski definition) is 1. The van der Waals surface area contributed by atoms with Gasteiger partial charge in [-0.3, -0.25) is 0 Å². The standard InChI is InChI=1S/C12H17N/c1-10-6-8-12(9-7-10)5-3-4-11(2)13/h6-9,13H,3-5H2,1-2H3. The van der Waals surface area contributed by atoms with E-state index in [0.717, 1.165) is 25.0 Å². The van der Waals surface area contributed by atoms with Crippen LogP contribution in [0, 0.1) is 12.3 Å². The number of aryl methyl sites for hydroxylation is 2. The van der Waals surface area contributed by atoms with Crippen LogP contribution in [-0.2, 0) is 6.42 Å². The molecule has 0 aliphatic carbocycles. The summed E-state index contributed by atoms with van der Waals surface area (Å²) in [7, 11) is 0. The van der Waals surface area contributed by atoms with Gasteiger partial charge in [0, 0.05) is 5.71 Å². The van der Waals surface area contributed by atoms with Gasteiger partial charge in [-0.25, -0.2) is 0 Å². The Kier molecular flexibility index (Phi) is 3.69. The van der Waals surface area contributed by atoms with Crippen LogP contribution in [0.4, 0.5) is 0 Å². The van der Waals surface area contributed by atoms with Gasteiger partial charge in [0.2, 0.25) is 0 Å². The molecule has 1 heteroatoms. The van der Waals surface area contributed by atoms with Crippen LogP contribution in [0.1, 0.15) is 30.9 Å². The summed E-state index contributed by atoms with van der Waals surface area (Å²) in [6.07, 6.45) is 3.11. The molecular formula is C12H17N. The molecule has 0 aliphatic heterocycles. The van der Waals surface area contributed by atoms with Crippen LogP contribution >= 0.6 is 0 Å². The van der Waals surface area contributed by atoms with Gasteiger partial charge >= 0.3 is 0 Å². The van der Waals surface area contributed by atoms with Gasteiger partial charge in [-0.2, -0.15) is 0 Å². The first-order chi connectivity index (χ1) is 6.18. The van der Waals surface area contributed by atoms with Gasteiger partial charge in [0.1, 0.15) is 0 Å². The Morgan fingerprint density at radius 2 is 1.85 bits per heavy atom. The smallest absolute Gasteiger partial charge is 0.00583 e. The number of rotatable bonds is 4. The molecule has 0 fully saturated rings. The molecule has 1 aromatic carbocycles. The van der Waals surface area contributed by atoms with E-state index in [4.69, 9.17) is 5.41 Å². The third-order valence-electron chi connectivity index (χ3n) is 2.14. The highest BCUT2D eigenvalue weighted by Crippen LogP contribution is 2.07. The normalized spacial score (nSPS) is 10.0. The monoisotopic (exact) mass is 175 g/mol. The summed E-state index contributed by atoms with van der Waals surface area (Å²) in [5.41, 5.74) is 3.48. The van der Waals surface area contributed by atoms with Crippen molar-refractivity contribution >= 4 is 5.71 Å². The Hall–Kier alpha value is -1.11. The average Bonchev–Trinajstić information content (AvgIpc) is 2.08. The molecule has 1 aromatic rings. The zero-order valence-electron chi connectivity index (χ0n) is 8.43. The fourth-order valence-electron chi connectivity index (χ4n) is 1.31. The molecule has 0 bridgehead atoms. The highest BCUT2D eigenvalue weighted by molar-refractivity contribution is 5.78. The van der Waals surface area contributed by atoms with Crippen molar-refractivity contribution in [3.05, 3.63) is 35.4 Å². The summed E-state index contributed by atoms with van der Waals surface area (Å²) < 4.78 is 0. The van der Waals surface area contributed by atoms with Gasteiger partial charge in [0.15, 0.2) is 0 Å². The van der Waals surface area contributed by atoms with Gasteiger partial charge in [-0.05, 0) is 38.7 Å². The highest BCUT2D eigenvalue weighted by Gasteiger charge is 1.93. The first-order valence-electron chi connectivity index (χ1n) is 4.78. The molecule has 0 saturated carbocycles. The van der Waals surface area contributed by atoms with Crippen LogP contribution < -0.4 is 0 Å². The third kappa shape index (κ3) is 3.88. The van der Waals surface area contributed by atoms with Crippen LogP contribution in [0.2, 0.25) is 0 Å². The maximum atomic E-state index is 7.29. The first-order valence-corrected chi connectivity index (χ1v) is 4.78. The van der Waals surface area contributed by atoms with Crippen LogP contribution in [0.15, 0.2) is 24.3 Å². The van der Waals surface area contributed by atoms with E-state index in [1.54, 1.807) is 0 Å². The van der Waals surface area contributed by atoms with E-state index in [9.17, 15) is 0 Å². The van der Waals surface area contributed by atoms with E-state index in [1.807, 2.05) is 6.92 Å². The molecule has 1 N–H and O–H groups in total. The second kappa shape index (κ2) is 4.80. The SMILES string of the molecule is CC(=N)CCCc1ccc(C)cc1. The summed E-state index contributed by atoms with van der Waals surface area (Å²) >= 11 is 0. The number of hydrogen-bond acceptors (Lipinski definition) is 1. The van der Waals surface area contributed by atoms with Gasteiger partial charge in [-0.1, -0.05) is 29.8 Å². The highest BCUT2D eigenvalue weighted by atomic mass is 14.4. The lowest BCUT2D eigenvalue weighted by atomic mass is 10.1. The molecule has 0 radical (unpaired) electrons. The minimum atomic E-state index is 0.784. The lowest BCUT2D eigenvalue weighted by molar-refractivity contribution is 0.859. The molecular weight excluding hydrogens is 158 g/mol. The summed E-state index contributed by atoms with van der Waals surface area (Å²) in [6, 6.07) is 8.64. The molecule has 0 atom stereocenters. The fourth-order valence-corrected chi connectivity index (χ4v) is 1.31. The summed E-state index contributed by atoms with van der Waals surface area (Å²) in [4.78, 5) is 0. The Morgan fingerprint density at radius 3 is 2.38 bits per heavy atom. The molecule has 0 aliphatic rings. The largest absolute Gasteiger partial charge is 0.310 e. The van der Waals surface area contributed by atoms with E-state index in [2.05, 4.69) is 31.2 Å². The second-order valence-corrected chi connectivity index (χ2v) is 3.62. The minimum absolute atomic E-state index is 0.784. The lowest BCUT2D eigenvalue weighted by Gasteiger charge is -2.01. The van der Waals surface area contributed by atoms with E-state index in [1.165, 1.54) is 11.1 Å². The topological polar surface area (TPSA) is 23.9 Å². The molecule has 0 unspecified atom stereocenters. The van der Waals surface area contributed by atoms with E-state index in [-0.39, 0.29) is 0 Å². The van der Waals surface area contributed by atoms with Crippen molar-refractivity contribution in [2.75, 3.05) is 0 Å². The van der Waals surface area contributed by atoms with Gasteiger partial charge in [0.05, 0.1) is 0 Å². The molecule has 13 heavy (non-hydrogen) atoms. The minimum Gasteiger partial charge on any atom is -0.310 e. The van der Waals surface area contributed by atoms with Crippen molar-refractivity contribution in [1.29, 1.82) is 5.41 Å². The maximum Gasteiger partial charge on any atom is 0.00583 e. The van der Waals surface area contributed by atoms with Crippen molar-refractivity contribution in [1.82, 2.24) is 0 Å². The molecule has 0 aromatic heterocycles. The Balaban J connectivity index is 2.37. The van der Waals surface area contributed by atoms with Gasteiger partial charge in [0.25, 0.3) is 0 Å². The molecule has 70 valence electrons. The van der Waals surface area contributed by atoms with E-state index < -0.39 is 0 Å². The van der Waals surface area contributed by atoms with Crippen molar-refractivity contribution in [3.8, 4) is 0 Å². The maximum absolute atomic E-state index is 7.29. The van der Waals surface area contributed by atoms with E-state index in [0.29, 0.717) is 0 Å². The van der Waals surface area contributed by atoms with Crippen molar-refractivity contribution < 1.29 is 0 Å². The zero-order valence-corrected chi connectivity index (χ0v) is 8.43. The molecule has 1 rings (SSSR count). The Bertz CT molecular complexity index is 272. The summed E-state index contributed by atoms with van der Waals surface area (Å²) in [5, 5.41) is 7.29. The van der Waals surface area contributed by atoms with Crippen LogP contribution in [-0.4, -0.2) is 5.71 Å². The van der Waals surface area contributed by atoms with Gasteiger partial charge in [-0.15, -0.1) is 0 Å². The average molecular weight is 175 g/mol. The zero-order chi connectivity index (χ0) is 9.68.